The van der Waals surface area contributed by atoms with Crippen molar-refractivity contribution >= 4 is 22.9 Å². The SMILES string of the molecule is CCCCCCCCCCCCNc1nc(NC2CCC(N)CC2)nc2c1ncn2C1CCCC1. The highest BCUT2D eigenvalue weighted by atomic mass is 15.2. The third-order valence-electron chi connectivity index (χ3n) is 8.07. The monoisotopic (exact) mass is 483 g/mol. The van der Waals surface area contributed by atoms with Gasteiger partial charge >= 0.3 is 0 Å². The van der Waals surface area contributed by atoms with Crippen LogP contribution in [0.15, 0.2) is 6.33 Å². The van der Waals surface area contributed by atoms with E-state index in [1.54, 1.807) is 0 Å². The Morgan fingerprint density at radius 3 is 2.20 bits per heavy atom. The minimum Gasteiger partial charge on any atom is -0.368 e. The van der Waals surface area contributed by atoms with Crippen LogP contribution in [0.1, 0.15) is 129 Å². The van der Waals surface area contributed by atoms with E-state index < -0.39 is 0 Å². The maximum absolute atomic E-state index is 6.11. The number of fused-ring (bicyclic) bond motifs is 1. The molecule has 2 heterocycles. The van der Waals surface area contributed by atoms with Gasteiger partial charge < -0.3 is 20.9 Å². The Labute approximate surface area is 212 Å². The molecule has 0 spiro atoms. The lowest BCUT2D eigenvalue weighted by molar-refractivity contribution is 0.410. The highest BCUT2D eigenvalue weighted by molar-refractivity contribution is 5.84. The molecular weight excluding hydrogens is 434 g/mol. The molecule has 0 bridgehead atoms. The normalized spacial score (nSPS) is 21.1. The summed E-state index contributed by atoms with van der Waals surface area (Å²) >= 11 is 0. The Hall–Kier alpha value is -1.89. The van der Waals surface area contributed by atoms with Gasteiger partial charge in [-0.05, 0) is 44.9 Å². The van der Waals surface area contributed by atoms with Crippen molar-refractivity contribution in [2.75, 3.05) is 17.2 Å². The summed E-state index contributed by atoms with van der Waals surface area (Å²) in [6, 6.07) is 1.27. The van der Waals surface area contributed by atoms with E-state index in [-0.39, 0.29) is 0 Å². The fourth-order valence-corrected chi connectivity index (χ4v) is 5.82. The first-order chi connectivity index (χ1) is 17.2. The minimum atomic E-state index is 0.346. The van der Waals surface area contributed by atoms with Crippen molar-refractivity contribution in [3.63, 3.8) is 0 Å². The molecule has 0 radical (unpaired) electrons. The highest BCUT2D eigenvalue weighted by Gasteiger charge is 2.23. The van der Waals surface area contributed by atoms with E-state index in [0.29, 0.717) is 18.1 Å². The predicted molar refractivity (Wildman–Crippen MR) is 147 cm³/mol. The van der Waals surface area contributed by atoms with Crippen LogP contribution in [0.5, 0.6) is 0 Å². The van der Waals surface area contributed by atoms with E-state index in [0.717, 1.165) is 55.2 Å². The van der Waals surface area contributed by atoms with Gasteiger partial charge in [-0.2, -0.15) is 9.97 Å². The summed E-state index contributed by atoms with van der Waals surface area (Å²) in [5.74, 6) is 1.63. The van der Waals surface area contributed by atoms with E-state index in [4.69, 9.17) is 20.7 Å². The van der Waals surface area contributed by atoms with Crippen LogP contribution in [-0.4, -0.2) is 38.1 Å². The molecule has 2 aromatic heterocycles. The first-order valence-electron chi connectivity index (χ1n) is 14.7. The minimum absolute atomic E-state index is 0.346. The van der Waals surface area contributed by atoms with E-state index >= 15 is 0 Å². The number of anilines is 2. The van der Waals surface area contributed by atoms with Gasteiger partial charge in [-0.1, -0.05) is 77.6 Å². The molecule has 2 fully saturated rings. The molecule has 35 heavy (non-hydrogen) atoms. The van der Waals surface area contributed by atoms with Crippen LogP contribution < -0.4 is 16.4 Å². The van der Waals surface area contributed by atoms with Crippen LogP contribution in [0.2, 0.25) is 0 Å². The third-order valence-corrected chi connectivity index (χ3v) is 8.07. The maximum atomic E-state index is 6.11. The molecule has 0 aliphatic heterocycles. The predicted octanol–water partition coefficient (Wildman–Crippen LogP) is 6.96. The molecule has 2 aliphatic carbocycles. The maximum Gasteiger partial charge on any atom is 0.227 e. The molecule has 0 amide bonds. The summed E-state index contributed by atoms with van der Waals surface area (Å²) < 4.78 is 2.30. The topological polar surface area (TPSA) is 93.7 Å². The van der Waals surface area contributed by atoms with Crippen LogP contribution in [0.3, 0.4) is 0 Å². The molecular formula is C28H49N7. The number of hydrogen-bond acceptors (Lipinski definition) is 6. The number of hydrogen-bond donors (Lipinski definition) is 3. The number of nitrogens with two attached hydrogens (primary N) is 1. The van der Waals surface area contributed by atoms with Crippen molar-refractivity contribution in [1.82, 2.24) is 19.5 Å². The second kappa shape index (κ2) is 14.0. The van der Waals surface area contributed by atoms with Crippen molar-refractivity contribution in [2.24, 2.45) is 5.73 Å². The van der Waals surface area contributed by atoms with Crippen molar-refractivity contribution in [2.45, 2.75) is 141 Å². The molecule has 2 aromatic rings. The fourth-order valence-electron chi connectivity index (χ4n) is 5.82. The zero-order chi connectivity index (χ0) is 24.3. The number of unbranched alkanes of at least 4 members (excludes halogenated alkanes) is 9. The van der Waals surface area contributed by atoms with Crippen LogP contribution in [-0.2, 0) is 0 Å². The average Bonchev–Trinajstić information content (AvgIpc) is 3.54. The van der Waals surface area contributed by atoms with Crippen LogP contribution in [0, 0.1) is 0 Å². The number of imidazole rings is 1. The van der Waals surface area contributed by atoms with Gasteiger partial charge in [-0.3, -0.25) is 0 Å². The molecule has 0 atom stereocenters. The zero-order valence-corrected chi connectivity index (χ0v) is 22.1. The van der Waals surface area contributed by atoms with Gasteiger partial charge in [0.15, 0.2) is 17.0 Å². The Kier molecular flexibility index (Phi) is 10.5. The molecule has 2 saturated carbocycles. The van der Waals surface area contributed by atoms with Gasteiger partial charge in [-0.15, -0.1) is 0 Å². The number of nitrogens with one attached hydrogen (secondary N) is 2. The fraction of sp³-hybridized carbons (Fsp3) is 0.821. The Morgan fingerprint density at radius 1 is 0.857 bits per heavy atom. The number of nitrogens with zero attached hydrogens (tertiary/aromatic N) is 4. The number of aromatic nitrogens is 4. The molecule has 4 N–H and O–H groups in total. The summed E-state index contributed by atoms with van der Waals surface area (Å²) in [7, 11) is 0. The molecule has 4 rings (SSSR count). The second-order valence-electron chi connectivity index (χ2n) is 11.0. The summed E-state index contributed by atoms with van der Waals surface area (Å²) in [6.07, 6.45) is 24.9. The van der Waals surface area contributed by atoms with Gasteiger partial charge in [0.2, 0.25) is 5.95 Å². The van der Waals surface area contributed by atoms with Crippen molar-refractivity contribution in [3.05, 3.63) is 6.33 Å². The van der Waals surface area contributed by atoms with Crippen molar-refractivity contribution in [1.29, 1.82) is 0 Å². The van der Waals surface area contributed by atoms with Gasteiger partial charge in [0, 0.05) is 24.7 Å². The first kappa shape index (κ1) is 26.2. The summed E-state index contributed by atoms with van der Waals surface area (Å²) in [5, 5.41) is 7.24. The van der Waals surface area contributed by atoms with E-state index in [2.05, 4.69) is 22.1 Å². The Bertz CT molecular complexity index is 866. The van der Waals surface area contributed by atoms with Crippen molar-refractivity contribution in [3.8, 4) is 0 Å². The standard InChI is InChI=1S/C28H49N7/c1-2-3-4-5-6-7-8-9-10-13-20-30-26-25-27(35(21-31-25)24-14-11-12-15-24)34-28(33-26)32-23-18-16-22(29)17-19-23/h21-24H,2-20,29H2,1H3,(H2,30,32,33,34). The second-order valence-corrected chi connectivity index (χ2v) is 11.0. The number of rotatable bonds is 15. The lowest BCUT2D eigenvalue weighted by Crippen LogP contribution is -2.33. The molecule has 0 unspecified atom stereocenters. The smallest absolute Gasteiger partial charge is 0.227 e. The largest absolute Gasteiger partial charge is 0.368 e. The Balaban J connectivity index is 1.31. The van der Waals surface area contributed by atoms with Gasteiger partial charge in [0.05, 0.1) is 6.33 Å². The van der Waals surface area contributed by atoms with E-state index in [9.17, 15) is 0 Å². The third kappa shape index (κ3) is 7.80. The van der Waals surface area contributed by atoms with E-state index in [1.807, 2.05) is 6.33 Å². The summed E-state index contributed by atoms with van der Waals surface area (Å²) in [6.45, 7) is 3.22. The average molecular weight is 484 g/mol. The highest BCUT2D eigenvalue weighted by Crippen LogP contribution is 2.33. The molecule has 0 aromatic carbocycles. The lowest BCUT2D eigenvalue weighted by Gasteiger charge is -2.27. The molecule has 0 saturated heterocycles. The quantitative estimate of drug-likeness (QED) is 0.237. The molecule has 2 aliphatic rings. The van der Waals surface area contributed by atoms with Crippen LogP contribution in [0.4, 0.5) is 11.8 Å². The first-order valence-corrected chi connectivity index (χ1v) is 14.7. The van der Waals surface area contributed by atoms with E-state index in [1.165, 1.54) is 89.9 Å². The van der Waals surface area contributed by atoms with Gasteiger partial charge in [0.1, 0.15) is 0 Å². The zero-order valence-electron chi connectivity index (χ0n) is 22.1. The van der Waals surface area contributed by atoms with Crippen LogP contribution >= 0.6 is 0 Å². The Morgan fingerprint density at radius 2 is 1.51 bits per heavy atom. The lowest BCUT2D eigenvalue weighted by atomic mass is 9.92. The van der Waals surface area contributed by atoms with Gasteiger partial charge in [0.25, 0.3) is 0 Å². The van der Waals surface area contributed by atoms with Crippen LogP contribution in [0.25, 0.3) is 11.2 Å². The summed E-state index contributed by atoms with van der Waals surface area (Å²) in [5.41, 5.74) is 8.01. The van der Waals surface area contributed by atoms with Gasteiger partial charge in [-0.25, -0.2) is 4.98 Å². The van der Waals surface area contributed by atoms with Crippen molar-refractivity contribution < 1.29 is 0 Å². The summed E-state index contributed by atoms with van der Waals surface area (Å²) in [4.78, 5) is 14.6. The molecule has 196 valence electrons. The molecule has 7 heteroatoms. The molecule has 7 nitrogen and oxygen atoms in total.